The Bertz CT molecular complexity index is 410. The molecular formula is C14H21NO2. The van der Waals surface area contributed by atoms with Crippen molar-refractivity contribution in [1.29, 1.82) is 0 Å². The summed E-state index contributed by atoms with van der Waals surface area (Å²) in [5.41, 5.74) is 0.253. The van der Waals surface area contributed by atoms with E-state index in [-0.39, 0.29) is 5.41 Å². The van der Waals surface area contributed by atoms with Gasteiger partial charge in [-0.2, -0.15) is 0 Å². The summed E-state index contributed by atoms with van der Waals surface area (Å²) in [5, 5.41) is 3.64. The highest BCUT2D eigenvalue weighted by Gasteiger charge is 2.58. The van der Waals surface area contributed by atoms with Crippen LogP contribution >= 0.6 is 0 Å². The summed E-state index contributed by atoms with van der Waals surface area (Å²) >= 11 is 0. The quantitative estimate of drug-likeness (QED) is 0.874. The maximum absolute atomic E-state index is 5.79. The highest BCUT2D eigenvalue weighted by Crippen LogP contribution is 2.52. The minimum Gasteiger partial charge on any atom is -0.465 e. The fraction of sp³-hybridized carbons (Fsp3) is 0.714. The number of rotatable bonds is 3. The van der Waals surface area contributed by atoms with Crippen LogP contribution in [0.3, 0.4) is 0 Å². The van der Waals surface area contributed by atoms with Gasteiger partial charge in [-0.15, -0.1) is 0 Å². The third-order valence-electron chi connectivity index (χ3n) is 4.39. The molecule has 1 aliphatic heterocycles. The molecule has 3 atom stereocenters. The minimum absolute atomic E-state index is 0.253. The van der Waals surface area contributed by atoms with Crippen LogP contribution in [0.15, 0.2) is 16.5 Å². The van der Waals surface area contributed by atoms with Crippen LogP contribution in [0, 0.1) is 18.3 Å². The molecule has 3 nitrogen and oxygen atoms in total. The van der Waals surface area contributed by atoms with E-state index in [9.17, 15) is 0 Å². The summed E-state index contributed by atoms with van der Waals surface area (Å²) in [6.45, 7) is 8.33. The Morgan fingerprint density at radius 1 is 1.41 bits per heavy atom. The summed E-state index contributed by atoms with van der Waals surface area (Å²) in [7, 11) is 0. The van der Waals surface area contributed by atoms with E-state index in [1.807, 2.05) is 13.0 Å². The van der Waals surface area contributed by atoms with E-state index in [1.165, 1.54) is 6.42 Å². The number of aryl methyl sites for hydroxylation is 1. The van der Waals surface area contributed by atoms with Crippen molar-refractivity contribution in [3.63, 3.8) is 0 Å². The van der Waals surface area contributed by atoms with Crippen molar-refractivity contribution in [2.24, 2.45) is 11.3 Å². The molecule has 0 aromatic carbocycles. The van der Waals surface area contributed by atoms with E-state index in [2.05, 4.69) is 25.2 Å². The number of hydrogen-bond acceptors (Lipinski definition) is 3. The van der Waals surface area contributed by atoms with Crippen molar-refractivity contribution in [2.75, 3.05) is 6.61 Å². The summed E-state index contributed by atoms with van der Waals surface area (Å²) in [5.74, 6) is 2.71. The van der Waals surface area contributed by atoms with Gasteiger partial charge in [0.05, 0.1) is 12.6 Å². The van der Waals surface area contributed by atoms with Gasteiger partial charge in [0.15, 0.2) is 0 Å². The number of ether oxygens (including phenoxy) is 1. The molecule has 94 valence electrons. The highest BCUT2D eigenvalue weighted by molar-refractivity contribution is 5.12. The average molecular weight is 235 g/mol. The molecule has 1 aliphatic carbocycles. The van der Waals surface area contributed by atoms with Gasteiger partial charge >= 0.3 is 0 Å². The van der Waals surface area contributed by atoms with Crippen LogP contribution in [0.25, 0.3) is 0 Å². The van der Waals surface area contributed by atoms with Crippen LogP contribution in [0.4, 0.5) is 0 Å². The SMILES string of the molecule is Cc1ccc(CNC2C3CCOC3C2(C)C)o1. The lowest BCUT2D eigenvalue weighted by Crippen LogP contribution is -2.65. The van der Waals surface area contributed by atoms with Crippen LogP contribution in [0.5, 0.6) is 0 Å². The molecule has 2 fully saturated rings. The topological polar surface area (TPSA) is 34.4 Å². The molecule has 1 saturated heterocycles. The summed E-state index contributed by atoms with van der Waals surface area (Å²) in [6, 6.07) is 4.63. The Morgan fingerprint density at radius 3 is 2.94 bits per heavy atom. The lowest BCUT2D eigenvalue weighted by Gasteiger charge is -2.54. The number of hydrogen-bond donors (Lipinski definition) is 1. The molecule has 1 N–H and O–H groups in total. The van der Waals surface area contributed by atoms with Crippen molar-refractivity contribution in [1.82, 2.24) is 5.32 Å². The second kappa shape index (κ2) is 3.85. The van der Waals surface area contributed by atoms with Crippen molar-refractivity contribution >= 4 is 0 Å². The molecule has 0 amide bonds. The van der Waals surface area contributed by atoms with Gasteiger partial charge in [-0.1, -0.05) is 13.8 Å². The van der Waals surface area contributed by atoms with Crippen LogP contribution < -0.4 is 5.32 Å². The Labute approximate surface area is 103 Å². The van der Waals surface area contributed by atoms with Gasteiger partial charge in [0.25, 0.3) is 0 Å². The van der Waals surface area contributed by atoms with Crippen LogP contribution in [0.2, 0.25) is 0 Å². The average Bonchev–Trinajstić information content (AvgIpc) is 2.86. The largest absolute Gasteiger partial charge is 0.465 e. The van der Waals surface area contributed by atoms with E-state index in [0.717, 1.165) is 24.7 Å². The van der Waals surface area contributed by atoms with Crippen LogP contribution in [-0.4, -0.2) is 18.8 Å². The van der Waals surface area contributed by atoms with E-state index >= 15 is 0 Å². The predicted octanol–water partition coefficient (Wildman–Crippen LogP) is 2.49. The van der Waals surface area contributed by atoms with Crippen molar-refractivity contribution in [3.8, 4) is 0 Å². The molecular weight excluding hydrogens is 214 g/mol. The fourth-order valence-electron chi connectivity index (χ4n) is 3.53. The summed E-state index contributed by atoms with van der Waals surface area (Å²) < 4.78 is 11.4. The maximum Gasteiger partial charge on any atom is 0.117 e. The monoisotopic (exact) mass is 235 g/mol. The first kappa shape index (κ1) is 11.3. The third kappa shape index (κ3) is 1.72. The predicted molar refractivity (Wildman–Crippen MR) is 65.7 cm³/mol. The van der Waals surface area contributed by atoms with Gasteiger partial charge in [-0.25, -0.2) is 0 Å². The zero-order valence-electron chi connectivity index (χ0n) is 10.8. The zero-order valence-corrected chi connectivity index (χ0v) is 10.8. The van der Waals surface area contributed by atoms with Gasteiger partial charge in [0.1, 0.15) is 11.5 Å². The first-order valence-corrected chi connectivity index (χ1v) is 6.49. The molecule has 3 rings (SSSR count). The second-order valence-electron chi connectivity index (χ2n) is 5.94. The number of fused-ring (bicyclic) bond motifs is 1. The van der Waals surface area contributed by atoms with Crippen LogP contribution in [0.1, 0.15) is 31.8 Å². The van der Waals surface area contributed by atoms with E-state index in [1.54, 1.807) is 0 Å². The van der Waals surface area contributed by atoms with Crippen molar-refractivity contribution < 1.29 is 9.15 Å². The molecule has 17 heavy (non-hydrogen) atoms. The Hall–Kier alpha value is -0.800. The first-order chi connectivity index (χ1) is 8.09. The Kier molecular flexibility index (Phi) is 2.56. The van der Waals surface area contributed by atoms with Gasteiger partial charge < -0.3 is 14.5 Å². The fourth-order valence-corrected chi connectivity index (χ4v) is 3.53. The molecule has 1 aromatic heterocycles. The van der Waals surface area contributed by atoms with Gasteiger partial charge in [-0.05, 0) is 25.5 Å². The number of furan rings is 1. The highest BCUT2D eigenvalue weighted by atomic mass is 16.5. The van der Waals surface area contributed by atoms with Crippen LogP contribution in [-0.2, 0) is 11.3 Å². The molecule has 1 aromatic rings. The molecule has 3 unspecified atom stereocenters. The Balaban J connectivity index is 1.62. The first-order valence-electron chi connectivity index (χ1n) is 6.49. The molecule has 1 saturated carbocycles. The molecule has 0 bridgehead atoms. The van der Waals surface area contributed by atoms with Crippen molar-refractivity contribution in [2.45, 2.75) is 45.9 Å². The zero-order chi connectivity index (χ0) is 12.0. The summed E-state index contributed by atoms with van der Waals surface area (Å²) in [6.07, 6.45) is 1.65. The van der Waals surface area contributed by atoms with Gasteiger partial charge in [-0.3, -0.25) is 0 Å². The van der Waals surface area contributed by atoms with Crippen molar-refractivity contribution in [3.05, 3.63) is 23.7 Å². The molecule has 0 spiro atoms. The summed E-state index contributed by atoms with van der Waals surface area (Å²) in [4.78, 5) is 0. The number of nitrogens with one attached hydrogen (secondary N) is 1. The van der Waals surface area contributed by atoms with E-state index in [4.69, 9.17) is 9.15 Å². The molecule has 0 radical (unpaired) electrons. The Morgan fingerprint density at radius 2 is 2.24 bits per heavy atom. The standard InChI is InChI=1S/C14H21NO2/c1-9-4-5-10(17-9)8-15-12-11-6-7-16-13(11)14(12,2)3/h4-5,11-13,15H,6-8H2,1-3H3. The normalized spacial score (nSPS) is 34.4. The van der Waals surface area contributed by atoms with E-state index < -0.39 is 0 Å². The lowest BCUT2D eigenvalue weighted by molar-refractivity contribution is -0.113. The third-order valence-corrected chi connectivity index (χ3v) is 4.39. The smallest absolute Gasteiger partial charge is 0.117 e. The molecule has 2 aliphatic rings. The van der Waals surface area contributed by atoms with E-state index in [0.29, 0.717) is 18.1 Å². The lowest BCUT2D eigenvalue weighted by atomic mass is 9.57. The maximum atomic E-state index is 5.79. The van der Waals surface area contributed by atoms with Gasteiger partial charge in [0, 0.05) is 24.0 Å². The molecule has 3 heteroatoms. The second-order valence-corrected chi connectivity index (χ2v) is 5.94. The molecule has 2 heterocycles. The van der Waals surface area contributed by atoms with Gasteiger partial charge in [0.2, 0.25) is 0 Å². The minimum atomic E-state index is 0.253.